The molecule has 0 saturated heterocycles. The predicted octanol–water partition coefficient (Wildman–Crippen LogP) is 4.38. The molecule has 0 spiro atoms. The fraction of sp³-hybridized carbons (Fsp3) is 0.323. The first-order chi connectivity index (χ1) is 20.4. The maximum atomic E-state index is 14.5. The predicted molar refractivity (Wildman–Crippen MR) is 146 cm³/mol. The number of hydrogen-bond acceptors (Lipinski definition) is 6. The van der Waals surface area contributed by atoms with Crippen molar-refractivity contribution in [3.63, 3.8) is 0 Å². The SMILES string of the molecule is COc1cc(C(=O)NC[C@H](c2cc3c(c(C#Cc4cccc(F)c4)n2)OC[C@]3(C)C(N)=O)C(F)(F)F)ccc1OC1CC1. The third-order valence-electron chi connectivity index (χ3n) is 7.25. The Labute approximate surface area is 244 Å². The van der Waals surface area contributed by atoms with Crippen molar-refractivity contribution in [2.24, 2.45) is 5.73 Å². The number of aromatic nitrogens is 1. The lowest BCUT2D eigenvalue weighted by molar-refractivity contribution is -0.149. The number of alkyl halides is 3. The number of primary amides is 1. The summed E-state index contributed by atoms with van der Waals surface area (Å²) in [5, 5.41) is 2.33. The van der Waals surface area contributed by atoms with Gasteiger partial charge in [-0.05, 0) is 68.2 Å². The van der Waals surface area contributed by atoms with E-state index in [1.54, 1.807) is 0 Å². The van der Waals surface area contributed by atoms with Crippen molar-refractivity contribution in [2.75, 3.05) is 20.3 Å². The first-order valence-electron chi connectivity index (χ1n) is 13.3. The molecule has 0 unspecified atom stereocenters. The van der Waals surface area contributed by atoms with E-state index in [0.29, 0.717) is 5.75 Å². The first-order valence-corrected chi connectivity index (χ1v) is 13.3. The number of pyridine rings is 1. The van der Waals surface area contributed by atoms with Crippen LogP contribution in [0.4, 0.5) is 17.6 Å². The molecule has 1 fully saturated rings. The van der Waals surface area contributed by atoms with Gasteiger partial charge >= 0.3 is 6.18 Å². The summed E-state index contributed by atoms with van der Waals surface area (Å²) < 4.78 is 73.7. The lowest BCUT2D eigenvalue weighted by Crippen LogP contribution is -2.40. The Morgan fingerprint density at radius 3 is 2.58 bits per heavy atom. The molecule has 43 heavy (non-hydrogen) atoms. The number of nitrogens with zero attached hydrogens (tertiary/aromatic N) is 1. The number of carbonyl (C=O) groups is 2. The zero-order chi connectivity index (χ0) is 30.9. The van der Waals surface area contributed by atoms with Crippen molar-refractivity contribution in [3.8, 4) is 29.1 Å². The monoisotopic (exact) mass is 597 g/mol. The minimum absolute atomic E-state index is 0.0134. The lowest BCUT2D eigenvalue weighted by atomic mass is 9.82. The minimum atomic E-state index is -4.86. The summed E-state index contributed by atoms with van der Waals surface area (Å²) in [5.74, 6) is 1.63. The zero-order valence-corrected chi connectivity index (χ0v) is 23.2. The van der Waals surface area contributed by atoms with Gasteiger partial charge < -0.3 is 25.3 Å². The molecule has 3 N–H and O–H groups in total. The second-order valence-corrected chi connectivity index (χ2v) is 10.5. The molecular weight excluding hydrogens is 570 g/mol. The number of nitrogens with one attached hydrogen (secondary N) is 1. The van der Waals surface area contributed by atoms with Gasteiger partial charge in [0.1, 0.15) is 23.8 Å². The third-order valence-corrected chi connectivity index (χ3v) is 7.25. The molecule has 5 rings (SSSR count). The van der Waals surface area contributed by atoms with E-state index in [1.807, 2.05) is 0 Å². The summed E-state index contributed by atoms with van der Waals surface area (Å²) in [6, 6.07) is 10.8. The molecule has 1 aliphatic carbocycles. The highest BCUT2D eigenvalue weighted by atomic mass is 19.4. The van der Waals surface area contributed by atoms with Gasteiger partial charge in [-0.25, -0.2) is 9.37 Å². The van der Waals surface area contributed by atoms with Crippen molar-refractivity contribution >= 4 is 11.8 Å². The highest BCUT2D eigenvalue weighted by Crippen LogP contribution is 2.43. The summed E-state index contributed by atoms with van der Waals surface area (Å²) in [5.41, 5.74) is 3.87. The molecular formula is C31H27F4N3O5. The maximum Gasteiger partial charge on any atom is 0.398 e. The summed E-state index contributed by atoms with van der Waals surface area (Å²) in [6.45, 7) is 0.345. The topological polar surface area (TPSA) is 113 Å². The number of methoxy groups -OCH3 is 1. The molecule has 1 saturated carbocycles. The molecule has 224 valence electrons. The Bertz CT molecular complexity index is 1640. The molecule has 2 aromatic carbocycles. The van der Waals surface area contributed by atoms with Gasteiger partial charge in [-0.15, -0.1) is 0 Å². The number of hydrogen-bond donors (Lipinski definition) is 2. The van der Waals surface area contributed by atoms with Crippen LogP contribution in [0.2, 0.25) is 0 Å². The number of carbonyl (C=O) groups excluding carboxylic acids is 2. The molecule has 0 bridgehead atoms. The number of benzene rings is 2. The van der Waals surface area contributed by atoms with Crippen LogP contribution in [0.25, 0.3) is 0 Å². The molecule has 12 heteroatoms. The van der Waals surface area contributed by atoms with E-state index in [1.165, 1.54) is 50.4 Å². The largest absolute Gasteiger partial charge is 0.493 e. The van der Waals surface area contributed by atoms with Gasteiger partial charge in [0.15, 0.2) is 22.9 Å². The average Bonchev–Trinajstić information content (AvgIpc) is 3.71. The highest BCUT2D eigenvalue weighted by Gasteiger charge is 2.47. The quantitative estimate of drug-likeness (QED) is 0.295. The second-order valence-electron chi connectivity index (χ2n) is 10.5. The number of amides is 2. The Balaban J connectivity index is 1.48. The van der Waals surface area contributed by atoms with Gasteiger partial charge in [0.05, 0.1) is 18.9 Å². The Kier molecular flexibility index (Phi) is 7.92. The summed E-state index contributed by atoms with van der Waals surface area (Å²) in [7, 11) is 1.40. The van der Waals surface area contributed by atoms with Crippen LogP contribution >= 0.6 is 0 Å². The first kappa shape index (κ1) is 29.7. The molecule has 0 radical (unpaired) electrons. The van der Waals surface area contributed by atoms with Crippen molar-refractivity contribution in [3.05, 3.63) is 82.4 Å². The van der Waals surface area contributed by atoms with Crippen LogP contribution < -0.4 is 25.3 Å². The van der Waals surface area contributed by atoms with Crippen LogP contribution in [0.5, 0.6) is 17.2 Å². The molecule has 2 atom stereocenters. The molecule has 2 amide bonds. The van der Waals surface area contributed by atoms with E-state index < -0.39 is 47.4 Å². The van der Waals surface area contributed by atoms with Crippen LogP contribution in [0.1, 0.15) is 58.6 Å². The van der Waals surface area contributed by atoms with E-state index in [9.17, 15) is 27.2 Å². The number of nitrogens with two attached hydrogens (primary N) is 1. The summed E-state index contributed by atoms with van der Waals surface area (Å²) in [4.78, 5) is 29.4. The van der Waals surface area contributed by atoms with Crippen molar-refractivity contribution in [1.82, 2.24) is 10.3 Å². The summed E-state index contributed by atoms with van der Waals surface area (Å²) >= 11 is 0. The van der Waals surface area contributed by atoms with Crippen LogP contribution in [-0.2, 0) is 10.2 Å². The molecule has 1 aliphatic heterocycles. The second kappa shape index (κ2) is 11.5. The van der Waals surface area contributed by atoms with Crippen molar-refractivity contribution in [2.45, 2.75) is 43.4 Å². The highest BCUT2D eigenvalue weighted by molar-refractivity contribution is 5.95. The van der Waals surface area contributed by atoms with Gasteiger partial charge in [0.25, 0.3) is 5.91 Å². The Morgan fingerprint density at radius 2 is 1.93 bits per heavy atom. The van der Waals surface area contributed by atoms with Gasteiger partial charge in [-0.2, -0.15) is 13.2 Å². The molecule has 2 heterocycles. The molecule has 2 aliphatic rings. The number of rotatable bonds is 8. The minimum Gasteiger partial charge on any atom is -0.493 e. The van der Waals surface area contributed by atoms with Crippen LogP contribution in [0.3, 0.4) is 0 Å². The van der Waals surface area contributed by atoms with Crippen LogP contribution in [-0.4, -0.2) is 49.3 Å². The number of halogens is 4. The fourth-order valence-corrected chi connectivity index (χ4v) is 4.52. The normalized spacial score (nSPS) is 18.0. The molecule has 3 aromatic rings. The molecule has 1 aromatic heterocycles. The number of ether oxygens (including phenoxy) is 3. The van der Waals surface area contributed by atoms with Crippen LogP contribution in [0.15, 0.2) is 48.5 Å². The van der Waals surface area contributed by atoms with E-state index in [-0.39, 0.29) is 46.6 Å². The van der Waals surface area contributed by atoms with Crippen molar-refractivity contribution < 1.29 is 41.4 Å². The van der Waals surface area contributed by atoms with Gasteiger partial charge in [0.2, 0.25) is 5.91 Å². The smallest absolute Gasteiger partial charge is 0.398 e. The average molecular weight is 598 g/mol. The maximum absolute atomic E-state index is 14.5. The third kappa shape index (κ3) is 6.35. The number of fused-ring (bicyclic) bond motifs is 1. The Morgan fingerprint density at radius 1 is 1.16 bits per heavy atom. The van der Waals surface area contributed by atoms with Crippen molar-refractivity contribution in [1.29, 1.82) is 0 Å². The van der Waals surface area contributed by atoms with Gasteiger partial charge in [0, 0.05) is 23.2 Å². The zero-order valence-electron chi connectivity index (χ0n) is 23.2. The van der Waals surface area contributed by atoms with Gasteiger partial charge in [-0.3, -0.25) is 9.59 Å². The fourth-order valence-electron chi connectivity index (χ4n) is 4.52. The standard InChI is InChI=1S/C31H27F4N3O5/c1-30(29(36)40)16-42-27-21(30)14-24(38-23(27)10-6-17-4-3-5-19(32)12-17)22(31(33,34)35)15-37-28(39)18-7-11-25(26(13-18)41-2)43-20-8-9-20/h3-5,7,11-14,20,22H,8-9,15-16H2,1-2H3,(H2,36,40)(H,37,39)/t22-,30+/m1/s1. The van der Waals surface area contributed by atoms with E-state index >= 15 is 0 Å². The van der Waals surface area contributed by atoms with E-state index in [0.717, 1.165) is 25.0 Å². The molecule has 8 nitrogen and oxygen atoms in total. The Hall–Kier alpha value is -4.79. The van der Waals surface area contributed by atoms with Crippen LogP contribution in [0, 0.1) is 17.7 Å². The van der Waals surface area contributed by atoms with Gasteiger partial charge in [-0.1, -0.05) is 12.0 Å². The summed E-state index contributed by atoms with van der Waals surface area (Å²) in [6.07, 6.45) is -2.97. The lowest BCUT2D eigenvalue weighted by Gasteiger charge is -2.23. The van der Waals surface area contributed by atoms with E-state index in [4.69, 9.17) is 19.9 Å². The van der Waals surface area contributed by atoms with E-state index in [2.05, 4.69) is 22.1 Å².